The molecule has 0 heterocycles. The van der Waals surface area contributed by atoms with Gasteiger partial charge < -0.3 is 15.6 Å². The third-order valence-electron chi connectivity index (χ3n) is 3.44. The highest BCUT2D eigenvalue weighted by Crippen LogP contribution is 2.21. The molecule has 4 nitrogen and oxygen atoms in total. The number of ether oxygens (including phenoxy) is 1. The van der Waals surface area contributed by atoms with Gasteiger partial charge in [0, 0.05) is 6.42 Å². The fourth-order valence-electron chi connectivity index (χ4n) is 1.62. The van der Waals surface area contributed by atoms with Crippen LogP contribution in [-0.4, -0.2) is 23.2 Å². The van der Waals surface area contributed by atoms with E-state index in [9.17, 15) is 4.79 Å². The first-order chi connectivity index (χ1) is 8.86. The first kappa shape index (κ1) is 15.5. The molecule has 4 heteroatoms. The van der Waals surface area contributed by atoms with Gasteiger partial charge in [0.05, 0.1) is 6.61 Å². The number of nitrogens with two attached hydrogens (primary N) is 1. The quantitative estimate of drug-likeness (QED) is 0.795. The van der Waals surface area contributed by atoms with Crippen molar-refractivity contribution in [2.24, 2.45) is 5.73 Å². The maximum absolute atomic E-state index is 10.8. The summed E-state index contributed by atoms with van der Waals surface area (Å²) in [6.07, 6.45) is 1.37. The third-order valence-corrected chi connectivity index (χ3v) is 3.44. The Morgan fingerprint density at radius 2 is 2.00 bits per heavy atom. The highest BCUT2D eigenvalue weighted by molar-refractivity contribution is 5.77. The minimum absolute atomic E-state index is 0.273. The van der Waals surface area contributed by atoms with Gasteiger partial charge in [-0.05, 0) is 37.0 Å². The number of carbonyl (C=O) groups is 1. The number of carboxylic acid groups (broad SMARTS) is 1. The van der Waals surface area contributed by atoms with Crippen LogP contribution in [0.15, 0.2) is 24.3 Å². The lowest BCUT2D eigenvalue weighted by Crippen LogP contribution is -2.45. The molecule has 19 heavy (non-hydrogen) atoms. The van der Waals surface area contributed by atoms with E-state index in [1.165, 1.54) is 12.5 Å². The first-order valence-electron chi connectivity index (χ1n) is 6.62. The summed E-state index contributed by atoms with van der Waals surface area (Å²) in [4.78, 5) is 10.8. The van der Waals surface area contributed by atoms with Crippen LogP contribution in [0.3, 0.4) is 0 Å². The summed E-state index contributed by atoms with van der Waals surface area (Å²) >= 11 is 0. The van der Waals surface area contributed by atoms with E-state index in [2.05, 4.69) is 13.8 Å². The van der Waals surface area contributed by atoms with E-state index in [-0.39, 0.29) is 6.42 Å². The number of carboxylic acids is 1. The van der Waals surface area contributed by atoms with Gasteiger partial charge in [-0.3, -0.25) is 4.79 Å². The molecule has 2 atom stereocenters. The zero-order valence-corrected chi connectivity index (χ0v) is 11.8. The molecule has 1 rings (SSSR count). The van der Waals surface area contributed by atoms with Crippen LogP contribution in [0.5, 0.6) is 5.75 Å². The van der Waals surface area contributed by atoms with E-state index in [0.717, 1.165) is 12.2 Å². The van der Waals surface area contributed by atoms with Crippen LogP contribution in [0.25, 0.3) is 0 Å². The van der Waals surface area contributed by atoms with Crippen molar-refractivity contribution in [3.8, 4) is 5.75 Å². The van der Waals surface area contributed by atoms with Gasteiger partial charge in [-0.15, -0.1) is 0 Å². The maximum Gasteiger partial charge on any atom is 0.323 e. The third kappa shape index (κ3) is 4.56. The Hall–Kier alpha value is -1.55. The Kier molecular flexibility index (Phi) is 5.36. The predicted octanol–water partition coefficient (Wildman–Crippen LogP) is 2.77. The van der Waals surface area contributed by atoms with Crippen molar-refractivity contribution in [2.75, 3.05) is 6.61 Å². The van der Waals surface area contributed by atoms with E-state index >= 15 is 0 Å². The minimum Gasteiger partial charge on any atom is -0.494 e. The molecule has 0 aliphatic heterocycles. The average molecular weight is 265 g/mol. The fraction of sp³-hybridized carbons (Fsp3) is 0.533. The monoisotopic (exact) mass is 265 g/mol. The molecule has 1 aromatic rings. The number of benzene rings is 1. The SMILES string of the molecule is CCC(C)c1ccc(OCCC(C)(N)C(=O)O)cc1. The van der Waals surface area contributed by atoms with E-state index in [1.54, 1.807) is 0 Å². The largest absolute Gasteiger partial charge is 0.494 e. The Morgan fingerprint density at radius 3 is 2.47 bits per heavy atom. The van der Waals surface area contributed by atoms with Gasteiger partial charge in [-0.25, -0.2) is 0 Å². The smallest absolute Gasteiger partial charge is 0.323 e. The molecule has 0 amide bonds. The Morgan fingerprint density at radius 1 is 1.42 bits per heavy atom. The molecule has 0 radical (unpaired) electrons. The Bertz CT molecular complexity index is 412. The molecule has 0 aromatic heterocycles. The second-order valence-corrected chi connectivity index (χ2v) is 5.20. The van der Waals surface area contributed by atoms with Crippen molar-refractivity contribution < 1.29 is 14.6 Å². The molecular formula is C15H23NO3. The molecule has 1 aromatic carbocycles. The average Bonchev–Trinajstić information content (AvgIpc) is 2.38. The summed E-state index contributed by atoms with van der Waals surface area (Å²) in [5, 5.41) is 8.88. The standard InChI is InChI=1S/C15H23NO3/c1-4-11(2)12-5-7-13(8-6-12)19-10-9-15(3,16)14(17)18/h5-8,11H,4,9-10,16H2,1-3H3,(H,17,18). The van der Waals surface area contributed by atoms with Gasteiger partial charge in [0.25, 0.3) is 0 Å². The normalized spacial score (nSPS) is 15.6. The molecule has 3 N–H and O–H groups in total. The summed E-state index contributed by atoms with van der Waals surface area (Å²) in [6.45, 7) is 6.12. The van der Waals surface area contributed by atoms with E-state index < -0.39 is 11.5 Å². The van der Waals surface area contributed by atoms with Gasteiger partial charge in [0.15, 0.2) is 0 Å². The summed E-state index contributed by atoms with van der Waals surface area (Å²) in [5.74, 6) is 0.268. The molecule has 0 aliphatic rings. The number of hydrogen-bond donors (Lipinski definition) is 2. The molecular weight excluding hydrogens is 242 g/mol. The van der Waals surface area contributed by atoms with Crippen molar-refractivity contribution in [1.82, 2.24) is 0 Å². The molecule has 2 unspecified atom stereocenters. The van der Waals surface area contributed by atoms with Crippen LogP contribution in [0.2, 0.25) is 0 Å². The van der Waals surface area contributed by atoms with E-state index in [0.29, 0.717) is 12.5 Å². The van der Waals surface area contributed by atoms with Crippen LogP contribution in [0.4, 0.5) is 0 Å². The summed E-state index contributed by atoms with van der Waals surface area (Å²) in [6, 6.07) is 7.91. The molecule has 0 bridgehead atoms. The van der Waals surface area contributed by atoms with Crippen LogP contribution >= 0.6 is 0 Å². The molecule has 0 aliphatic carbocycles. The fourth-order valence-corrected chi connectivity index (χ4v) is 1.62. The van der Waals surface area contributed by atoms with Gasteiger partial charge in [-0.1, -0.05) is 26.0 Å². The molecule has 0 fully saturated rings. The topological polar surface area (TPSA) is 72.5 Å². The highest BCUT2D eigenvalue weighted by atomic mass is 16.5. The van der Waals surface area contributed by atoms with E-state index in [4.69, 9.17) is 15.6 Å². The number of rotatable bonds is 7. The maximum atomic E-state index is 10.8. The van der Waals surface area contributed by atoms with Crippen molar-refractivity contribution >= 4 is 5.97 Å². The highest BCUT2D eigenvalue weighted by Gasteiger charge is 2.27. The number of aliphatic carboxylic acids is 1. The van der Waals surface area contributed by atoms with Crippen molar-refractivity contribution in [3.05, 3.63) is 29.8 Å². The van der Waals surface area contributed by atoms with Gasteiger partial charge in [0.2, 0.25) is 0 Å². The van der Waals surface area contributed by atoms with E-state index in [1.807, 2.05) is 24.3 Å². The second-order valence-electron chi connectivity index (χ2n) is 5.20. The van der Waals surface area contributed by atoms with Crippen molar-refractivity contribution in [2.45, 2.75) is 45.1 Å². The van der Waals surface area contributed by atoms with Gasteiger partial charge in [0.1, 0.15) is 11.3 Å². The second kappa shape index (κ2) is 6.57. The van der Waals surface area contributed by atoms with Crippen molar-refractivity contribution in [1.29, 1.82) is 0 Å². The number of hydrogen-bond acceptors (Lipinski definition) is 3. The zero-order valence-electron chi connectivity index (χ0n) is 11.8. The predicted molar refractivity (Wildman–Crippen MR) is 75.5 cm³/mol. The van der Waals surface area contributed by atoms with Crippen LogP contribution < -0.4 is 10.5 Å². The zero-order chi connectivity index (χ0) is 14.5. The van der Waals surface area contributed by atoms with Crippen LogP contribution in [0, 0.1) is 0 Å². The molecule has 0 saturated carbocycles. The Labute approximate surface area is 114 Å². The van der Waals surface area contributed by atoms with Crippen LogP contribution in [-0.2, 0) is 4.79 Å². The lowest BCUT2D eigenvalue weighted by atomic mass is 9.99. The minimum atomic E-state index is -1.24. The Balaban J connectivity index is 2.49. The summed E-state index contributed by atoms with van der Waals surface area (Å²) < 4.78 is 5.52. The van der Waals surface area contributed by atoms with Crippen molar-refractivity contribution in [3.63, 3.8) is 0 Å². The molecule has 0 saturated heterocycles. The van der Waals surface area contributed by atoms with Crippen LogP contribution in [0.1, 0.15) is 45.1 Å². The lowest BCUT2D eigenvalue weighted by molar-refractivity contribution is -0.143. The molecule has 106 valence electrons. The summed E-state index contributed by atoms with van der Waals surface area (Å²) in [5.41, 5.74) is 5.67. The molecule has 0 spiro atoms. The van der Waals surface area contributed by atoms with Gasteiger partial charge in [-0.2, -0.15) is 0 Å². The lowest BCUT2D eigenvalue weighted by Gasteiger charge is -2.19. The summed E-state index contributed by atoms with van der Waals surface area (Å²) in [7, 11) is 0. The van der Waals surface area contributed by atoms with Gasteiger partial charge >= 0.3 is 5.97 Å². The first-order valence-corrected chi connectivity index (χ1v) is 6.62.